The molecule has 0 bridgehead atoms. The summed E-state index contributed by atoms with van der Waals surface area (Å²) in [4.78, 5) is 17.9. The van der Waals surface area contributed by atoms with Crippen LogP contribution in [0.15, 0.2) is 34.9 Å². The molecule has 0 aliphatic carbocycles. The van der Waals surface area contributed by atoms with E-state index in [1.807, 2.05) is 39.0 Å². The first-order valence-corrected chi connectivity index (χ1v) is 10.7. The van der Waals surface area contributed by atoms with Gasteiger partial charge < -0.3 is 19.3 Å². The second-order valence-corrected chi connectivity index (χ2v) is 8.50. The first-order chi connectivity index (χ1) is 14.9. The molecule has 0 radical (unpaired) electrons. The van der Waals surface area contributed by atoms with Crippen LogP contribution in [0.5, 0.6) is 5.75 Å². The monoisotopic (exact) mass is 423 g/mol. The van der Waals surface area contributed by atoms with Gasteiger partial charge in [0.2, 0.25) is 0 Å². The van der Waals surface area contributed by atoms with Gasteiger partial charge in [0.1, 0.15) is 5.75 Å². The van der Waals surface area contributed by atoms with Crippen LogP contribution in [0.2, 0.25) is 0 Å². The summed E-state index contributed by atoms with van der Waals surface area (Å²) in [6.07, 6.45) is 1.68. The van der Waals surface area contributed by atoms with Gasteiger partial charge in [0.15, 0.2) is 0 Å². The standard InChI is InChI=1S/C24H29N3O4/c1-15(2)20-13-19(21-16(3)27-31-23(21)26-20)22(28)25-14-24(9-11-30-12-10-24)17-5-7-18(29-4)8-6-17/h5-8,13,15H,9-12,14H2,1-4H3,(H,25,28). The number of hydrogen-bond donors (Lipinski definition) is 1. The molecule has 7 heteroatoms. The summed E-state index contributed by atoms with van der Waals surface area (Å²) in [6, 6.07) is 9.97. The van der Waals surface area contributed by atoms with Crippen molar-refractivity contribution in [2.24, 2.45) is 0 Å². The van der Waals surface area contributed by atoms with Crippen LogP contribution in [0.3, 0.4) is 0 Å². The van der Waals surface area contributed by atoms with Gasteiger partial charge in [-0.15, -0.1) is 0 Å². The molecule has 0 spiro atoms. The molecular weight excluding hydrogens is 394 g/mol. The van der Waals surface area contributed by atoms with Crippen molar-refractivity contribution in [3.63, 3.8) is 0 Å². The van der Waals surface area contributed by atoms with Crippen molar-refractivity contribution in [1.82, 2.24) is 15.5 Å². The van der Waals surface area contributed by atoms with Gasteiger partial charge >= 0.3 is 0 Å². The van der Waals surface area contributed by atoms with E-state index in [1.54, 1.807) is 7.11 Å². The van der Waals surface area contributed by atoms with Gasteiger partial charge in [-0.05, 0) is 49.4 Å². The van der Waals surface area contributed by atoms with E-state index in [1.165, 1.54) is 5.56 Å². The first-order valence-electron chi connectivity index (χ1n) is 10.7. The Labute approximate surface area is 182 Å². The molecule has 164 valence electrons. The number of hydrogen-bond acceptors (Lipinski definition) is 6. The minimum atomic E-state index is -0.184. The Morgan fingerprint density at radius 3 is 2.58 bits per heavy atom. The van der Waals surface area contributed by atoms with Gasteiger partial charge in [-0.2, -0.15) is 0 Å². The molecule has 0 saturated carbocycles. The lowest BCUT2D eigenvalue weighted by Crippen LogP contribution is -2.44. The van der Waals surface area contributed by atoms with E-state index in [4.69, 9.17) is 14.0 Å². The Morgan fingerprint density at radius 2 is 1.94 bits per heavy atom. The van der Waals surface area contributed by atoms with E-state index < -0.39 is 0 Å². The Kier molecular flexibility index (Phi) is 5.96. The molecule has 1 aromatic carbocycles. The number of nitrogens with zero attached hydrogens (tertiary/aromatic N) is 2. The second kappa shape index (κ2) is 8.67. The minimum absolute atomic E-state index is 0.139. The summed E-state index contributed by atoms with van der Waals surface area (Å²) >= 11 is 0. The van der Waals surface area contributed by atoms with Gasteiger partial charge in [-0.3, -0.25) is 4.79 Å². The highest BCUT2D eigenvalue weighted by Crippen LogP contribution is 2.35. The normalized spacial score (nSPS) is 15.9. The number of ether oxygens (including phenoxy) is 2. The van der Waals surface area contributed by atoms with E-state index in [0.717, 1.165) is 24.3 Å². The van der Waals surface area contributed by atoms with Crippen molar-refractivity contribution in [2.75, 3.05) is 26.9 Å². The van der Waals surface area contributed by atoms with Crippen molar-refractivity contribution in [2.45, 2.75) is 44.9 Å². The fourth-order valence-corrected chi connectivity index (χ4v) is 4.21. The fraction of sp³-hybridized carbons (Fsp3) is 0.458. The lowest BCUT2D eigenvalue weighted by atomic mass is 9.74. The molecule has 4 rings (SSSR count). The molecule has 0 unspecified atom stereocenters. The van der Waals surface area contributed by atoms with Crippen molar-refractivity contribution in [3.05, 3.63) is 52.8 Å². The number of pyridine rings is 1. The average molecular weight is 424 g/mol. The molecule has 1 fully saturated rings. The van der Waals surface area contributed by atoms with Crippen molar-refractivity contribution in [3.8, 4) is 5.75 Å². The van der Waals surface area contributed by atoms with Crippen LogP contribution in [0.25, 0.3) is 11.1 Å². The van der Waals surface area contributed by atoms with E-state index in [9.17, 15) is 4.79 Å². The van der Waals surface area contributed by atoms with Crippen LogP contribution in [0.1, 0.15) is 59.9 Å². The molecular formula is C24H29N3O4. The molecule has 1 amide bonds. The third-order valence-electron chi connectivity index (χ3n) is 6.21. The van der Waals surface area contributed by atoms with Crippen LogP contribution in [0, 0.1) is 6.92 Å². The number of rotatable bonds is 6. The second-order valence-electron chi connectivity index (χ2n) is 8.50. The Bertz CT molecular complexity index is 1070. The summed E-state index contributed by atoms with van der Waals surface area (Å²) in [5.41, 5.74) is 3.44. The SMILES string of the molecule is COc1ccc(C2(CNC(=O)c3cc(C(C)C)nc4onc(C)c34)CCOCC2)cc1. The molecule has 3 heterocycles. The lowest BCUT2D eigenvalue weighted by molar-refractivity contribution is 0.0487. The third-order valence-corrected chi connectivity index (χ3v) is 6.21. The largest absolute Gasteiger partial charge is 0.497 e. The van der Waals surface area contributed by atoms with Crippen LogP contribution >= 0.6 is 0 Å². The smallest absolute Gasteiger partial charge is 0.259 e. The molecule has 3 aromatic rings. The number of methoxy groups -OCH3 is 1. The van der Waals surface area contributed by atoms with Gasteiger partial charge in [0.05, 0.1) is 23.8 Å². The number of fused-ring (bicyclic) bond motifs is 1. The third kappa shape index (κ3) is 4.14. The number of carbonyl (C=O) groups is 1. The number of benzene rings is 1. The fourth-order valence-electron chi connectivity index (χ4n) is 4.21. The average Bonchev–Trinajstić information content (AvgIpc) is 3.18. The maximum Gasteiger partial charge on any atom is 0.259 e. The molecule has 1 aliphatic rings. The molecule has 1 N–H and O–H groups in total. The van der Waals surface area contributed by atoms with E-state index in [-0.39, 0.29) is 17.2 Å². The predicted octanol–water partition coefficient (Wildman–Crippen LogP) is 4.14. The van der Waals surface area contributed by atoms with Crippen molar-refractivity contribution >= 4 is 17.0 Å². The maximum absolute atomic E-state index is 13.3. The lowest BCUT2D eigenvalue weighted by Gasteiger charge is -2.38. The zero-order chi connectivity index (χ0) is 22.0. The van der Waals surface area contributed by atoms with Crippen LogP contribution in [0.4, 0.5) is 0 Å². The van der Waals surface area contributed by atoms with Gasteiger partial charge in [0, 0.05) is 30.9 Å². The van der Waals surface area contributed by atoms with E-state index >= 15 is 0 Å². The number of carbonyl (C=O) groups excluding carboxylic acids is 1. The quantitative estimate of drug-likeness (QED) is 0.641. The number of aromatic nitrogens is 2. The highest BCUT2D eigenvalue weighted by Gasteiger charge is 2.35. The number of nitrogens with one attached hydrogen (secondary N) is 1. The highest BCUT2D eigenvalue weighted by atomic mass is 16.5. The number of amides is 1. The van der Waals surface area contributed by atoms with Gasteiger partial charge in [-0.1, -0.05) is 31.1 Å². The highest BCUT2D eigenvalue weighted by molar-refractivity contribution is 6.06. The topological polar surface area (TPSA) is 86.5 Å². The Balaban J connectivity index is 1.63. The first kappa shape index (κ1) is 21.3. The number of aryl methyl sites for hydroxylation is 1. The van der Waals surface area contributed by atoms with Gasteiger partial charge in [-0.25, -0.2) is 4.98 Å². The molecule has 0 atom stereocenters. The molecule has 31 heavy (non-hydrogen) atoms. The Morgan fingerprint density at radius 1 is 1.23 bits per heavy atom. The molecule has 2 aromatic heterocycles. The van der Waals surface area contributed by atoms with Crippen molar-refractivity contribution in [1.29, 1.82) is 0 Å². The van der Waals surface area contributed by atoms with E-state index in [2.05, 4.69) is 27.6 Å². The zero-order valence-corrected chi connectivity index (χ0v) is 18.5. The van der Waals surface area contributed by atoms with Crippen LogP contribution in [-0.2, 0) is 10.2 Å². The molecule has 1 saturated heterocycles. The van der Waals surface area contributed by atoms with Crippen LogP contribution < -0.4 is 10.1 Å². The summed E-state index contributed by atoms with van der Waals surface area (Å²) in [7, 11) is 1.66. The minimum Gasteiger partial charge on any atom is -0.497 e. The summed E-state index contributed by atoms with van der Waals surface area (Å²) in [5.74, 6) is 0.848. The molecule has 7 nitrogen and oxygen atoms in total. The maximum atomic E-state index is 13.3. The van der Waals surface area contributed by atoms with E-state index in [0.29, 0.717) is 42.1 Å². The Hall–Kier alpha value is -2.93. The van der Waals surface area contributed by atoms with Crippen molar-refractivity contribution < 1.29 is 18.8 Å². The summed E-state index contributed by atoms with van der Waals surface area (Å²) in [5, 5.41) is 7.88. The molecule has 1 aliphatic heterocycles. The zero-order valence-electron chi connectivity index (χ0n) is 18.5. The van der Waals surface area contributed by atoms with Crippen LogP contribution in [-0.4, -0.2) is 42.9 Å². The summed E-state index contributed by atoms with van der Waals surface area (Å²) in [6.45, 7) is 7.77. The predicted molar refractivity (Wildman–Crippen MR) is 118 cm³/mol. The summed E-state index contributed by atoms with van der Waals surface area (Å²) < 4.78 is 16.3. The van der Waals surface area contributed by atoms with Gasteiger partial charge in [0.25, 0.3) is 11.6 Å².